The van der Waals surface area contributed by atoms with E-state index >= 15 is 0 Å². The first-order valence-corrected chi connectivity index (χ1v) is 7.47. The van der Waals surface area contributed by atoms with Crippen LogP contribution in [-0.2, 0) is 14.3 Å². The molecule has 2 aliphatic carbocycles. The fraction of sp³-hybridized carbons (Fsp3) is 0.933. The summed E-state index contributed by atoms with van der Waals surface area (Å²) in [5, 5.41) is 21.3. The second kappa shape index (κ2) is 3.23. The molecule has 20 heavy (non-hydrogen) atoms. The first-order valence-electron chi connectivity index (χ1n) is 7.47. The monoisotopic (exact) mass is 282 g/mol. The molecule has 2 saturated heterocycles. The van der Waals surface area contributed by atoms with Crippen LogP contribution < -0.4 is 0 Å². The summed E-state index contributed by atoms with van der Waals surface area (Å²) in [5.41, 5.74) is -1.65. The van der Waals surface area contributed by atoms with Gasteiger partial charge in [-0.25, -0.2) is 0 Å². The molecule has 0 amide bonds. The molecule has 0 aromatic carbocycles. The van der Waals surface area contributed by atoms with Crippen LogP contribution >= 0.6 is 0 Å². The maximum Gasteiger partial charge on any atom is 0.307 e. The molecule has 4 rings (SSSR count). The number of rotatable bonds is 0. The maximum absolute atomic E-state index is 12.1. The van der Waals surface area contributed by atoms with E-state index in [1.165, 1.54) is 0 Å². The molecule has 2 aliphatic heterocycles. The van der Waals surface area contributed by atoms with E-state index in [1.54, 1.807) is 0 Å². The largest absolute Gasteiger partial charge is 0.458 e. The molecule has 0 aromatic rings. The van der Waals surface area contributed by atoms with Crippen molar-refractivity contribution < 1.29 is 24.5 Å². The van der Waals surface area contributed by atoms with Crippen molar-refractivity contribution in [2.45, 2.75) is 57.5 Å². The molecule has 4 aliphatic rings. The Balaban J connectivity index is 1.97. The Morgan fingerprint density at radius 2 is 2.05 bits per heavy atom. The Bertz CT molecular complexity index is 506. The predicted molar refractivity (Wildman–Crippen MR) is 68.5 cm³/mol. The highest BCUT2D eigenvalue weighted by Gasteiger charge is 2.83. The van der Waals surface area contributed by atoms with Crippen LogP contribution in [0.2, 0.25) is 0 Å². The van der Waals surface area contributed by atoms with E-state index in [0.29, 0.717) is 19.4 Å². The molecule has 7 atom stereocenters. The van der Waals surface area contributed by atoms with Crippen LogP contribution in [-0.4, -0.2) is 40.3 Å². The lowest BCUT2D eigenvalue weighted by Crippen LogP contribution is -2.64. The molecule has 2 heterocycles. The van der Waals surface area contributed by atoms with E-state index in [0.717, 1.165) is 0 Å². The van der Waals surface area contributed by atoms with Gasteiger partial charge in [0.15, 0.2) is 5.79 Å². The van der Waals surface area contributed by atoms with Gasteiger partial charge in [0.2, 0.25) is 0 Å². The highest BCUT2D eigenvalue weighted by atomic mass is 16.6. The van der Waals surface area contributed by atoms with Gasteiger partial charge in [0.25, 0.3) is 0 Å². The number of carbonyl (C=O) groups excluding carboxylic acids is 1. The van der Waals surface area contributed by atoms with Gasteiger partial charge >= 0.3 is 5.97 Å². The van der Waals surface area contributed by atoms with Crippen LogP contribution in [0.3, 0.4) is 0 Å². The standard InChI is InChI=1S/C15H22O5/c1-8-10(16)4-15-12(3)7-19-14(18,9(12)2)6-13(8,15)5-11(17)20-15/h8-10,16,18H,4-7H2,1-3H3/t8-,9+,10?,12-,13+,14-,15-/m0/s1. The fourth-order valence-corrected chi connectivity index (χ4v) is 5.78. The molecule has 2 saturated carbocycles. The maximum atomic E-state index is 12.1. The SMILES string of the molecule is C[C@@H]1[C@]2(C)CO[C@@]1(O)C[C@@]13CC(=O)O[C@]12CC(O)[C@@H]3C. The Kier molecular flexibility index (Phi) is 2.11. The number of carbonyl (C=O) groups is 1. The normalized spacial score (nSPS) is 64.0. The Labute approximate surface area is 118 Å². The molecule has 0 aromatic heterocycles. The molecular formula is C15H22O5. The molecular weight excluding hydrogens is 260 g/mol. The average molecular weight is 282 g/mol. The molecule has 2 bridgehead atoms. The van der Waals surface area contributed by atoms with Crippen molar-refractivity contribution in [3.63, 3.8) is 0 Å². The highest BCUT2D eigenvalue weighted by Crippen LogP contribution is 2.75. The minimum Gasteiger partial charge on any atom is -0.458 e. The summed E-state index contributed by atoms with van der Waals surface area (Å²) in [7, 11) is 0. The molecule has 0 radical (unpaired) electrons. The van der Waals surface area contributed by atoms with E-state index in [1.807, 2.05) is 20.8 Å². The van der Waals surface area contributed by atoms with Gasteiger partial charge in [-0.05, 0) is 5.92 Å². The number of aliphatic hydroxyl groups excluding tert-OH is 1. The van der Waals surface area contributed by atoms with Gasteiger partial charge in [0.1, 0.15) is 5.60 Å². The van der Waals surface area contributed by atoms with Gasteiger partial charge in [-0.3, -0.25) is 4.79 Å². The van der Waals surface area contributed by atoms with Crippen LogP contribution in [0.5, 0.6) is 0 Å². The van der Waals surface area contributed by atoms with Crippen molar-refractivity contribution in [1.29, 1.82) is 0 Å². The number of ether oxygens (including phenoxy) is 2. The lowest BCUT2D eigenvalue weighted by molar-refractivity contribution is -0.257. The van der Waals surface area contributed by atoms with E-state index in [9.17, 15) is 15.0 Å². The molecule has 4 fully saturated rings. The highest BCUT2D eigenvalue weighted by molar-refractivity contribution is 5.75. The zero-order chi connectivity index (χ0) is 14.6. The molecule has 112 valence electrons. The van der Waals surface area contributed by atoms with Crippen LogP contribution in [0, 0.1) is 22.7 Å². The smallest absolute Gasteiger partial charge is 0.307 e. The van der Waals surface area contributed by atoms with Crippen molar-refractivity contribution in [1.82, 2.24) is 0 Å². The first-order chi connectivity index (χ1) is 9.21. The number of hydrogen-bond donors (Lipinski definition) is 2. The summed E-state index contributed by atoms with van der Waals surface area (Å²) in [6.45, 7) is 6.34. The average Bonchev–Trinajstić information content (AvgIpc) is 2.83. The van der Waals surface area contributed by atoms with Gasteiger partial charge < -0.3 is 19.7 Å². The predicted octanol–water partition coefficient (Wildman–Crippen LogP) is 0.824. The number of aliphatic hydroxyl groups is 2. The first kappa shape index (κ1) is 13.0. The molecule has 5 nitrogen and oxygen atoms in total. The van der Waals surface area contributed by atoms with Crippen LogP contribution in [0.4, 0.5) is 0 Å². The number of esters is 1. The van der Waals surface area contributed by atoms with Gasteiger partial charge in [-0.2, -0.15) is 0 Å². The van der Waals surface area contributed by atoms with Crippen molar-refractivity contribution in [2.75, 3.05) is 6.61 Å². The lowest BCUT2D eigenvalue weighted by atomic mass is 9.48. The van der Waals surface area contributed by atoms with Crippen molar-refractivity contribution in [2.24, 2.45) is 22.7 Å². The Morgan fingerprint density at radius 3 is 2.75 bits per heavy atom. The van der Waals surface area contributed by atoms with Crippen LogP contribution in [0.1, 0.15) is 40.0 Å². The molecule has 1 unspecified atom stereocenters. The summed E-state index contributed by atoms with van der Waals surface area (Å²) in [6.07, 6.45) is 0.621. The van der Waals surface area contributed by atoms with Crippen molar-refractivity contribution >= 4 is 5.97 Å². The second-order valence-electron chi connectivity index (χ2n) is 7.64. The zero-order valence-corrected chi connectivity index (χ0v) is 12.2. The molecule has 0 spiro atoms. The van der Waals surface area contributed by atoms with Gasteiger partial charge in [0.05, 0.1) is 19.1 Å². The third-order valence-corrected chi connectivity index (χ3v) is 7.24. The van der Waals surface area contributed by atoms with E-state index in [-0.39, 0.29) is 24.2 Å². The quantitative estimate of drug-likeness (QED) is 0.643. The summed E-state index contributed by atoms with van der Waals surface area (Å²) in [5.74, 6) is -1.60. The van der Waals surface area contributed by atoms with E-state index in [2.05, 4.69) is 0 Å². The Hall–Kier alpha value is -0.650. The zero-order valence-electron chi connectivity index (χ0n) is 12.2. The molecule has 2 N–H and O–H groups in total. The third kappa shape index (κ3) is 1.02. The number of fused-ring (bicyclic) bond motifs is 2. The van der Waals surface area contributed by atoms with Crippen LogP contribution in [0.25, 0.3) is 0 Å². The summed E-state index contributed by atoms with van der Waals surface area (Å²) in [4.78, 5) is 12.1. The Morgan fingerprint density at radius 1 is 1.35 bits per heavy atom. The van der Waals surface area contributed by atoms with Gasteiger partial charge in [-0.1, -0.05) is 20.8 Å². The second-order valence-corrected chi connectivity index (χ2v) is 7.64. The molecule has 5 heteroatoms. The minimum atomic E-state index is -1.20. The summed E-state index contributed by atoms with van der Waals surface area (Å²) < 4.78 is 11.6. The summed E-state index contributed by atoms with van der Waals surface area (Å²) >= 11 is 0. The van der Waals surface area contributed by atoms with E-state index < -0.39 is 28.3 Å². The third-order valence-electron chi connectivity index (χ3n) is 7.24. The summed E-state index contributed by atoms with van der Waals surface area (Å²) in [6, 6.07) is 0. The van der Waals surface area contributed by atoms with Gasteiger partial charge in [-0.15, -0.1) is 0 Å². The fourth-order valence-electron chi connectivity index (χ4n) is 5.78. The lowest BCUT2D eigenvalue weighted by Gasteiger charge is -2.56. The van der Waals surface area contributed by atoms with Crippen LogP contribution in [0.15, 0.2) is 0 Å². The van der Waals surface area contributed by atoms with Crippen molar-refractivity contribution in [3.05, 3.63) is 0 Å². The minimum absolute atomic E-state index is 0.0750. The number of hydrogen-bond acceptors (Lipinski definition) is 5. The van der Waals surface area contributed by atoms with E-state index in [4.69, 9.17) is 9.47 Å². The van der Waals surface area contributed by atoms with Gasteiger partial charge in [0, 0.05) is 29.6 Å². The van der Waals surface area contributed by atoms with Crippen molar-refractivity contribution in [3.8, 4) is 0 Å². The topological polar surface area (TPSA) is 76.0 Å².